The Morgan fingerprint density at radius 3 is 2.65 bits per heavy atom. The van der Waals surface area contributed by atoms with Crippen molar-refractivity contribution >= 4 is 18.0 Å². The molecule has 0 aliphatic rings. The predicted molar refractivity (Wildman–Crippen MR) is 94.8 cm³/mol. The molecule has 1 N–H and O–H groups in total. The Labute approximate surface area is 151 Å². The molecular formula is C19H21NO6. The number of furan rings is 1. The molecule has 0 saturated carbocycles. The van der Waals surface area contributed by atoms with Crippen molar-refractivity contribution in [2.24, 2.45) is 0 Å². The molecule has 2 aromatic rings. The zero-order valence-electron chi connectivity index (χ0n) is 14.9. The third kappa shape index (κ3) is 5.14. The largest absolute Gasteiger partial charge is 0.493 e. The number of nitrogens with one attached hydrogen (secondary N) is 1. The van der Waals surface area contributed by atoms with E-state index in [9.17, 15) is 9.59 Å². The van der Waals surface area contributed by atoms with E-state index in [4.69, 9.17) is 18.6 Å². The molecule has 0 aliphatic carbocycles. The van der Waals surface area contributed by atoms with E-state index < -0.39 is 11.9 Å². The Kier molecular flexibility index (Phi) is 6.84. The minimum atomic E-state index is -0.643. The molecule has 7 heteroatoms. The number of carbonyl (C=O) groups excluding carboxylic acids is 2. The molecule has 0 bridgehead atoms. The van der Waals surface area contributed by atoms with Gasteiger partial charge in [0, 0.05) is 11.6 Å². The molecule has 1 aromatic carbocycles. The number of carbonyl (C=O) groups is 2. The fourth-order valence-corrected chi connectivity index (χ4v) is 2.28. The number of rotatable bonds is 8. The lowest BCUT2D eigenvalue weighted by atomic mass is 10.1. The zero-order valence-corrected chi connectivity index (χ0v) is 14.9. The second kappa shape index (κ2) is 9.31. The third-order valence-corrected chi connectivity index (χ3v) is 3.53. The van der Waals surface area contributed by atoms with Gasteiger partial charge in [-0.15, -0.1) is 0 Å². The minimum absolute atomic E-state index is 0.312. The molecule has 0 unspecified atom stereocenters. The highest BCUT2D eigenvalue weighted by atomic mass is 16.5. The van der Waals surface area contributed by atoms with Gasteiger partial charge in [0.1, 0.15) is 5.76 Å². The van der Waals surface area contributed by atoms with Crippen molar-refractivity contribution in [3.8, 4) is 11.5 Å². The Balaban J connectivity index is 1.87. The summed E-state index contributed by atoms with van der Waals surface area (Å²) >= 11 is 0. The average Bonchev–Trinajstić information content (AvgIpc) is 3.19. The number of methoxy groups -OCH3 is 2. The number of hydrogen-bond acceptors (Lipinski definition) is 6. The smallest absolute Gasteiger partial charge is 0.331 e. The summed E-state index contributed by atoms with van der Waals surface area (Å²) in [5, 5.41) is 2.67. The van der Waals surface area contributed by atoms with Gasteiger partial charge in [0.15, 0.2) is 18.1 Å². The highest BCUT2D eigenvalue weighted by Gasteiger charge is 2.13. The maximum Gasteiger partial charge on any atom is 0.331 e. The van der Waals surface area contributed by atoms with Crippen LogP contribution in [-0.4, -0.2) is 32.7 Å². The van der Waals surface area contributed by atoms with E-state index in [0.717, 1.165) is 0 Å². The monoisotopic (exact) mass is 359 g/mol. The first-order chi connectivity index (χ1) is 12.5. The molecule has 0 saturated heterocycles. The summed E-state index contributed by atoms with van der Waals surface area (Å²) in [4.78, 5) is 23.6. The first kappa shape index (κ1) is 19.1. The van der Waals surface area contributed by atoms with Crippen LogP contribution in [0.25, 0.3) is 6.08 Å². The Morgan fingerprint density at radius 2 is 2.00 bits per heavy atom. The number of para-hydroxylation sites is 1. The molecule has 2 rings (SSSR count). The average molecular weight is 359 g/mol. The number of ether oxygens (including phenoxy) is 3. The van der Waals surface area contributed by atoms with Gasteiger partial charge in [0.2, 0.25) is 0 Å². The lowest BCUT2D eigenvalue weighted by Crippen LogP contribution is -2.30. The highest BCUT2D eigenvalue weighted by molar-refractivity contribution is 5.90. The van der Waals surface area contributed by atoms with Crippen molar-refractivity contribution < 1.29 is 28.2 Å². The molecule has 0 aliphatic heterocycles. The Hall–Kier alpha value is -3.22. The maximum atomic E-state index is 11.8. The van der Waals surface area contributed by atoms with E-state index in [-0.39, 0.29) is 12.6 Å². The highest BCUT2D eigenvalue weighted by Crippen LogP contribution is 2.31. The zero-order chi connectivity index (χ0) is 18.9. The van der Waals surface area contributed by atoms with E-state index >= 15 is 0 Å². The first-order valence-electron chi connectivity index (χ1n) is 7.93. The molecule has 1 heterocycles. The van der Waals surface area contributed by atoms with Gasteiger partial charge in [-0.25, -0.2) is 4.79 Å². The molecule has 138 valence electrons. The minimum Gasteiger partial charge on any atom is -0.493 e. The number of amides is 1. The van der Waals surface area contributed by atoms with Gasteiger partial charge in [-0.2, -0.15) is 0 Å². The van der Waals surface area contributed by atoms with Crippen LogP contribution in [0.15, 0.2) is 47.1 Å². The van der Waals surface area contributed by atoms with Crippen LogP contribution in [0, 0.1) is 0 Å². The van der Waals surface area contributed by atoms with Crippen molar-refractivity contribution in [1.82, 2.24) is 5.32 Å². The van der Waals surface area contributed by atoms with E-state index in [1.54, 1.807) is 37.3 Å². The standard InChI is InChI=1S/C19H21NO6/c1-13(15-8-5-11-25-15)20-17(21)12-26-18(22)10-9-14-6-4-7-16(23-2)19(14)24-3/h4-11,13H,12H2,1-3H3,(H,20,21)/b10-9+/t13-/m1/s1. The molecule has 1 atom stereocenters. The van der Waals surface area contributed by atoms with Crippen LogP contribution < -0.4 is 14.8 Å². The van der Waals surface area contributed by atoms with E-state index in [1.807, 2.05) is 0 Å². The molecule has 1 aromatic heterocycles. The van der Waals surface area contributed by atoms with Gasteiger partial charge in [0.05, 0.1) is 26.5 Å². The van der Waals surface area contributed by atoms with Crippen molar-refractivity contribution in [3.63, 3.8) is 0 Å². The summed E-state index contributed by atoms with van der Waals surface area (Å²) < 4.78 is 20.6. The van der Waals surface area contributed by atoms with Crippen LogP contribution in [0.3, 0.4) is 0 Å². The van der Waals surface area contributed by atoms with Crippen molar-refractivity contribution in [3.05, 3.63) is 54.0 Å². The van der Waals surface area contributed by atoms with E-state index in [2.05, 4.69) is 5.32 Å². The maximum absolute atomic E-state index is 11.8. The Bertz CT molecular complexity index is 766. The van der Waals surface area contributed by atoms with Crippen LogP contribution in [0.5, 0.6) is 11.5 Å². The molecular weight excluding hydrogens is 338 g/mol. The summed E-state index contributed by atoms with van der Waals surface area (Å²) in [6, 6.07) is 8.46. The van der Waals surface area contributed by atoms with Crippen LogP contribution >= 0.6 is 0 Å². The fraction of sp³-hybridized carbons (Fsp3) is 0.263. The van der Waals surface area contributed by atoms with Gasteiger partial charge in [-0.05, 0) is 31.2 Å². The molecule has 0 fully saturated rings. The molecule has 0 radical (unpaired) electrons. The van der Waals surface area contributed by atoms with Crippen LogP contribution in [0.1, 0.15) is 24.3 Å². The summed E-state index contributed by atoms with van der Waals surface area (Å²) in [5.41, 5.74) is 0.652. The first-order valence-corrected chi connectivity index (χ1v) is 7.93. The quantitative estimate of drug-likeness (QED) is 0.576. The lowest BCUT2D eigenvalue weighted by Gasteiger charge is -2.11. The van der Waals surface area contributed by atoms with Crippen molar-refractivity contribution in [1.29, 1.82) is 0 Å². The molecule has 1 amide bonds. The number of benzene rings is 1. The third-order valence-electron chi connectivity index (χ3n) is 3.53. The van der Waals surface area contributed by atoms with Crippen LogP contribution in [-0.2, 0) is 14.3 Å². The van der Waals surface area contributed by atoms with Crippen molar-refractivity contribution in [2.75, 3.05) is 20.8 Å². The van der Waals surface area contributed by atoms with Gasteiger partial charge < -0.3 is 23.9 Å². The summed E-state index contributed by atoms with van der Waals surface area (Å²) in [5.74, 6) is 0.610. The lowest BCUT2D eigenvalue weighted by molar-refractivity contribution is -0.144. The summed E-state index contributed by atoms with van der Waals surface area (Å²) in [6.45, 7) is 1.39. The van der Waals surface area contributed by atoms with Gasteiger partial charge in [0.25, 0.3) is 5.91 Å². The van der Waals surface area contributed by atoms with Gasteiger partial charge >= 0.3 is 5.97 Å². The number of hydrogen-bond donors (Lipinski definition) is 1. The number of esters is 1. The van der Waals surface area contributed by atoms with Crippen LogP contribution in [0.2, 0.25) is 0 Å². The fourth-order valence-electron chi connectivity index (χ4n) is 2.28. The normalized spacial score (nSPS) is 11.8. The molecule has 26 heavy (non-hydrogen) atoms. The second-order valence-electron chi connectivity index (χ2n) is 5.33. The van der Waals surface area contributed by atoms with Gasteiger partial charge in [-0.1, -0.05) is 12.1 Å². The molecule has 0 spiro atoms. The van der Waals surface area contributed by atoms with Crippen molar-refractivity contribution in [2.45, 2.75) is 13.0 Å². The van der Waals surface area contributed by atoms with Gasteiger partial charge in [-0.3, -0.25) is 4.79 Å². The van der Waals surface area contributed by atoms with Crippen LogP contribution in [0.4, 0.5) is 0 Å². The Morgan fingerprint density at radius 1 is 1.19 bits per heavy atom. The summed E-state index contributed by atoms with van der Waals surface area (Å²) in [6.07, 6.45) is 4.28. The second-order valence-corrected chi connectivity index (χ2v) is 5.33. The van der Waals surface area contributed by atoms with E-state index in [1.165, 1.54) is 32.6 Å². The van der Waals surface area contributed by atoms with E-state index in [0.29, 0.717) is 22.8 Å². The summed E-state index contributed by atoms with van der Waals surface area (Å²) in [7, 11) is 3.04. The predicted octanol–water partition coefficient (Wildman–Crippen LogP) is 2.73. The topological polar surface area (TPSA) is 87.0 Å². The SMILES string of the molecule is COc1cccc(/C=C/C(=O)OCC(=O)N[C@H](C)c2ccco2)c1OC. The molecule has 7 nitrogen and oxygen atoms in total.